The van der Waals surface area contributed by atoms with E-state index in [-0.39, 0.29) is 11.6 Å². The Labute approximate surface area is 95.5 Å². The van der Waals surface area contributed by atoms with Crippen LogP contribution in [0.15, 0.2) is 29.0 Å². The number of amides is 1. The molecule has 2 aromatic heterocycles. The van der Waals surface area contributed by atoms with Crippen molar-refractivity contribution in [3.05, 3.63) is 34.7 Å². The highest BCUT2D eigenvalue weighted by Gasteiger charge is 2.08. The van der Waals surface area contributed by atoms with E-state index in [4.69, 9.17) is 5.84 Å². The average Bonchev–Trinajstić information content (AvgIpc) is 2.82. The van der Waals surface area contributed by atoms with Gasteiger partial charge in [0.25, 0.3) is 5.91 Å². The number of hydrogen-bond acceptors (Lipinski definition) is 6. The topological polar surface area (TPSA) is 92.9 Å². The van der Waals surface area contributed by atoms with E-state index >= 15 is 0 Å². The number of hydrogen-bond donors (Lipinski definition) is 3. The third kappa shape index (κ3) is 2.33. The summed E-state index contributed by atoms with van der Waals surface area (Å²) in [6.45, 7) is 0. The molecule has 1 amide bonds. The number of nitrogen functional groups attached to an aromatic ring is 1. The maximum Gasteiger partial charge on any atom is 0.276 e. The van der Waals surface area contributed by atoms with Crippen LogP contribution in [0.1, 0.15) is 10.5 Å². The molecule has 7 heteroatoms. The first-order valence-corrected chi connectivity index (χ1v) is 5.38. The van der Waals surface area contributed by atoms with Crippen molar-refractivity contribution in [2.45, 2.75) is 0 Å². The van der Waals surface area contributed by atoms with Gasteiger partial charge in [0.15, 0.2) is 11.5 Å². The van der Waals surface area contributed by atoms with Gasteiger partial charge in [-0.25, -0.2) is 5.84 Å². The summed E-state index contributed by atoms with van der Waals surface area (Å²) in [5.41, 5.74) is 3.32. The van der Waals surface area contributed by atoms with E-state index in [2.05, 4.69) is 20.9 Å². The van der Waals surface area contributed by atoms with Gasteiger partial charge in [0.2, 0.25) is 0 Å². The zero-order chi connectivity index (χ0) is 11.4. The number of carbonyl (C=O) groups excluding carboxylic acids is 1. The van der Waals surface area contributed by atoms with Crippen molar-refractivity contribution in [3.8, 4) is 0 Å². The maximum absolute atomic E-state index is 11.7. The Morgan fingerprint density at radius 2 is 2.19 bits per heavy atom. The minimum absolute atomic E-state index is 0.241. The summed E-state index contributed by atoms with van der Waals surface area (Å²) in [6.07, 6.45) is 0. The van der Waals surface area contributed by atoms with Crippen LogP contribution >= 0.6 is 11.3 Å². The first kappa shape index (κ1) is 10.5. The SMILES string of the molecule is NNc1ccc(C(=O)Nc2ccsc2)nn1. The standard InChI is InChI=1S/C9H9N5OS/c10-12-8-2-1-7(13-14-8)9(15)11-6-3-4-16-5-6/h1-5H,10H2,(H,11,15)(H,12,14). The molecule has 0 radical (unpaired) electrons. The van der Waals surface area contributed by atoms with Gasteiger partial charge in [-0.15, -0.1) is 10.2 Å². The number of nitrogens with zero attached hydrogens (tertiary/aromatic N) is 2. The molecule has 4 N–H and O–H groups in total. The minimum Gasteiger partial charge on any atom is -0.320 e. The van der Waals surface area contributed by atoms with Gasteiger partial charge in [-0.3, -0.25) is 4.79 Å². The fraction of sp³-hybridized carbons (Fsp3) is 0. The second kappa shape index (κ2) is 4.69. The van der Waals surface area contributed by atoms with Crippen molar-refractivity contribution in [3.63, 3.8) is 0 Å². The summed E-state index contributed by atoms with van der Waals surface area (Å²) in [5.74, 6) is 5.25. The molecule has 16 heavy (non-hydrogen) atoms. The predicted octanol–water partition coefficient (Wildman–Crippen LogP) is 1.08. The molecule has 0 spiro atoms. The van der Waals surface area contributed by atoms with Gasteiger partial charge in [0, 0.05) is 5.38 Å². The van der Waals surface area contributed by atoms with Crippen molar-refractivity contribution < 1.29 is 4.79 Å². The van der Waals surface area contributed by atoms with Crippen molar-refractivity contribution >= 4 is 28.7 Å². The van der Waals surface area contributed by atoms with E-state index in [1.165, 1.54) is 11.3 Å². The number of hydrazine groups is 1. The highest BCUT2D eigenvalue weighted by Crippen LogP contribution is 2.12. The van der Waals surface area contributed by atoms with Crippen LogP contribution in [0.5, 0.6) is 0 Å². The predicted molar refractivity (Wildman–Crippen MR) is 62.1 cm³/mol. The highest BCUT2D eigenvalue weighted by atomic mass is 32.1. The molecule has 0 atom stereocenters. The molecule has 0 aliphatic rings. The van der Waals surface area contributed by atoms with Gasteiger partial charge in [-0.2, -0.15) is 11.3 Å². The molecule has 0 fully saturated rings. The van der Waals surface area contributed by atoms with E-state index < -0.39 is 0 Å². The molecule has 0 aromatic carbocycles. The van der Waals surface area contributed by atoms with E-state index in [1.54, 1.807) is 12.1 Å². The average molecular weight is 235 g/mol. The van der Waals surface area contributed by atoms with E-state index in [0.29, 0.717) is 5.82 Å². The molecular weight excluding hydrogens is 226 g/mol. The first-order valence-electron chi connectivity index (χ1n) is 4.43. The van der Waals surface area contributed by atoms with Crippen molar-refractivity contribution in [2.75, 3.05) is 10.7 Å². The molecule has 2 aromatic rings. The quantitative estimate of drug-likeness (QED) is 0.546. The lowest BCUT2D eigenvalue weighted by Gasteiger charge is -2.02. The molecule has 0 aliphatic carbocycles. The zero-order valence-corrected chi connectivity index (χ0v) is 8.99. The second-order valence-electron chi connectivity index (χ2n) is 2.91. The Kier molecular flexibility index (Phi) is 3.08. The number of thiophene rings is 1. The van der Waals surface area contributed by atoms with Gasteiger partial charge in [-0.1, -0.05) is 0 Å². The van der Waals surface area contributed by atoms with E-state index in [1.807, 2.05) is 16.8 Å². The minimum atomic E-state index is -0.297. The summed E-state index contributed by atoms with van der Waals surface area (Å²) < 4.78 is 0. The number of nitrogens with two attached hydrogens (primary N) is 1. The summed E-state index contributed by atoms with van der Waals surface area (Å²) in [6, 6.07) is 4.94. The number of nitrogens with one attached hydrogen (secondary N) is 2. The third-order valence-electron chi connectivity index (χ3n) is 1.82. The summed E-state index contributed by atoms with van der Waals surface area (Å²) >= 11 is 1.51. The molecule has 0 aliphatic heterocycles. The smallest absolute Gasteiger partial charge is 0.276 e. The zero-order valence-electron chi connectivity index (χ0n) is 8.18. The van der Waals surface area contributed by atoms with E-state index in [0.717, 1.165) is 5.69 Å². The Morgan fingerprint density at radius 1 is 1.31 bits per heavy atom. The Balaban J connectivity index is 2.09. The lowest BCUT2D eigenvalue weighted by molar-refractivity contribution is 0.102. The summed E-state index contributed by atoms with van der Waals surface area (Å²) in [5, 5.41) is 13.8. The lowest BCUT2D eigenvalue weighted by atomic mass is 10.3. The van der Waals surface area contributed by atoms with Crippen molar-refractivity contribution in [1.82, 2.24) is 10.2 Å². The number of carbonyl (C=O) groups is 1. The van der Waals surface area contributed by atoms with Gasteiger partial charge in [-0.05, 0) is 23.6 Å². The van der Waals surface area contributed by atoms with Crippen LogP contribution in [0.4, 0.5) is 11.5 Å². The summed E-state index contributed by atoms with van der Waals surface area (Å²) in [4.78, 5) is 11.7. The second-order valence-corrected chi connectivity index (χ2v) is 3.69. The Bertz CT molecular complexity index is 467. The molecule has 0 saturated carbocycles. The van der Waals surface area contributed by atoms with Crippen LogP contribution in [-0.4, -0.2) is 16.1 Å². The normalized spacial score (nSPS) is 9.81. The van der Waals surface area contributed by atoms with E-state index in [9.17, 15) is 4.79 Å². The van der Waals surface area contributed by atoms with Crippen LogP contribution in [0.25, 0.3) is 0 Å². The molecule has 0 saturated heterocycles. The van der Waals surface area contributed by atoms with Crippen LogP contribution in [-0.2, 0) is 0 Å². The lowest BCUT2D eigenvalue weighted by Crippen LogP contribution is -2.15. The molecule has 2 rings (SSSR count). The van der Waals surface area contributed by atoms with Crippen LogP contribution < -0.4 is 16.6 Å². The van der Waals surface area contributed by atoms with Crippen LogP contribution in [0.3, 0.4) is 0 Å². The Morgan fingerprint density at radius 3 is 2.75 bits per heavy atom. The molecule has 0 unspecified atom stereocenters. The maximum atomic E-state index is 11.7. The molecular formula is C9H9N5OS. The third-order valence-corrected chi connectivity index (χ3v) is 2.51. The first-order chi connectivity index (χ1) is 7.79. The van der Waals surface area contributed by atoms with Gasteiger partial charge in [0.05, 0.1) is 5.69 Å². The number of rotatable bonds is 3. The highest BCUT2D eigenvalue weighted by molar-refractivity contribution is 7.08. The van der Waals surface area contributed by atoms with Crippen LogP contribution in [0, 0.1) is 0 Å². The van der Waals surface area contributed by atoms with Crippen LogP contribution in [0.2, 0.25) is 0 Å². The molecule has 0 bridgehead atoms. The number of aromatic nitrogens is 2. The molecule has 6 nitrogen and oxygen atoms in total. The molecule has 2 heterocycles. The molecule has 82 valence electrons. The van der Waals surface area contributed by atoms with Gasteiger partial charge < -0.3 is 10.7 Å². The van der Waals surface area contributed by atoms with Gasteiger partial charge >= 0.3 is 0 Å². The largest absolute Gasteiger partial charge is 0.320 e. The van der Waals surface area contributed by atoms with Crippen molar-refractivity contribution in [1.29, 1.82) is 0 Å². The Hall–Kier alpha value is -1.99. The summed E-state index contributed by atoms with van der Waals surface area (Å²) in [7, 11) is 0. The van der Waals surface area contributed by atoms with Crippen molar-refractivity contribution in [2.24, 2.45) is 5.84 Å². The fourth-order valence-electron chi connectivity index (χ4n) is 1.06. The van der Waals surface area contributed by atoms with Gasteiger partial charge in [0.1, 0.15) is 0 Å². The number of anilines is 2. The fourth-order valence-corrected chi connectivity index (χ4v) is 1.65. The monoisotopic (exact) mass is 235 g/mol.